The molecule has 3 rings (SSSR count). The number of nitrogens with one attached hydrogen (secondary N) is 1. The molecule has 19 heavy (non-hydrogen) atoms. The third-order valence-corrected chi connectivity index (χ3v) is 4.50. The molecule has 1 atom stereocenters. The number of hydrogen-bond donors (Lipinski definition) is 1. The molecule has 3 heterocycles. The first-order valence-electron chi connectivity index (χ1n) is 7.08. The highest BCUT2D eigenvalue weighted by molar-refractivity contribution is 5.92. The Balaban J connectivity index is 1.73. The predicted molar refractivity (Wildman–Crippen MR) is 73.0 cm³/mol. The standard InChI is InChI=1S/C14H22N4O/c1-11-8-12(16-15-11)13(19)18-6-3-4-14(10-18)5-7-17(2)9-14/h8H,3-7,9-10H2,1-2H3,(H,15,16)/t14-/m1/s1. The number of H-pyrrole nitrogens is 1. The first kappa shape index (κ1) is 12.7. The molecule has 1 aromatic rings. The Bertz CT molecular complexity index is 480. The van der Waals surface area contributed by atoms with E-state index in [9.17, 15) is 4.79 Å². The molecule has 1 amide bonds. The molecule has 1 N–H and O–H groups in total. The summed E-state index contributed by atoms with van der Waals surface area (Å²) in [5, 5.41) is 6.95. The van der Waals surface area contributed by atoms with Gasteiger partial charge in [0.05, 0.1) is 0 Å². The van der Waals surface area contributed by atoms with Gasteiger partial charge >= 0.3 is 0 Å². The fraction of sp³-hybridized carbons (Fsp3) is 0.714. The van der Waals surface area contributed by atoms with Gasteiger partial charge in [0.15, 0.2) is 0 Å². The molecular formula is C14H22N4O. The van der Waals surface area contributed by atoms with E-state index in [1.165, 1.54) is 12.8 Å². The highest BCUT2D eigenvalue weighted by Crippen LogP contribution is 2.38. The van der Waals surface area contributed by atoms with Crippen molar-refractivity contribution in [1.29, 1.82) is 0 Å². The van der Waals surface area contributed by atoms with Crippen molar-refractivity contribution in [2.75, 3.05) is 33.2 Å². The smallest absolute Gasteiger partial charge is 0.274 e. The van der Waals surface area contributed by atoms with E-state index in [1.54, 1.807) is 0 Å². The van der Waals surface area contributed by atoms with Gasteiger partial charge in [0.2, 0.25) is 0 Å². The molecule has 5 nitrogen and oxygen atoms in total. The zero-order valence-corrected chi connectivity index (χ0v) is 11.8. The van der Waals surface area contributed by atoms with Crippen LogP contribution in [0.3, 0.4) is 0 Å². The quantitative estimate of drug-likeness (QED) is 0.829. The Morgan fingerprint density at radius 1 is 1.37 bits per heavy atom. The number of likely N-dealkylation sites (tertiary alicyclic amines) is 2. The monoisotopic (exact) mass is 262 g/mol. The molecule has 2 saturated heterocycles. The molecule has 2 fully saturated rings. The van der Waals surface area contributed by atoms with Crippen molar-refractivity contribution in [3.8, 4) is 0 Å². The molecule has 0 unspecified atom stereocenters. The summed E-state index contributed by atoms with van der Waals surface area (Å²) in [6, 6.07) is 1.84. The number of amides is 1. The molecule has 104 valence electrons. The second-order valence-corrected chi connectivity index (χ2v) is 6.25. The molecule has 2 aliphatic rings. The van der Waals surface area contributed by atoms with Gasteiger partial charge in [-0.05, 0) is 45.8 Å². The largest absolute Gasteiger partial charge is 0.337 e. The van der Waals surface area contributed by atoms with E-state index in [0.717, 1.165) is 38.3 Å². The SMILES string of the molecule is Cc1cc(C(=O)N2CCC[C@]3(CCN(C)C3)C2)n[nH]1. The van der Waals surface area contributed by atoms with Crippen LogP contribution in [0.25, 0.3) is 0 Å². The van der Waals surface area contributed by atoms with E-state index in [2.05, 4.69) is 22.1 Å². The lowest BCUT2D eigenvalue weighted by Crippen LogP contribution is -2.47. The van der Waals surface area contributed by atoms with Crippen molar-refractivity contribution in [3.63, 3.8) is 0 Å². The van der Waals surface area contributed by atoms with Crippen LogP contribution in [-0.4, -0.2) is 59.1 Å². The normalized spacial score (nSPS) is 28.2. The van der Waals surface area contributed by atoms with Gasteiger partial charge in [0.25, 0.3) is 5.91 Å². The van der Waals surface area contributed by atoms with Gasteiger partial charge < -0.3 is 9.80 Å². The zero-order chi connectivity index (χ0) is 13.5. The Morgan fingerprint density at radius 2 is 2.21 bits per heavy atom. The lowest BCUT2D eigenvalue weighted by atomic mass is 9.79. The summed E-state index contributed by atoms with van der Waals surface area (Å²) in [4.78, 5) is 16.8. The topological polar surface area (TPSA) is 52.2 Å². The van der Waals surface area contributed by atoms with Crippen LogP contribution in [0, 0.1) is 12.3 Å². The Morgan fingerprint density at radius 3 is 2.84 bits per heavy atom. The van der Waals surface area contributed by atoms with Gasteiger partial charge in [-0.3, -0.25) is 9.89 Å². The number of piperidine rings is 1. The molecule has 1 spiro atoms. The number of hydrogen-bond acceptors (Lipinski definition) is 3. The maximum atomic E-state index is 12.5. The number of nitrogens with zero attached hydrogens (tertiary/aromatic N) is 3. The van der Waals surface area contributed by atoms with Crippen LogP contribution in [0.1, 0.15) is 35.4 Å². The van der Waals surface area contributed by atoms with Gasteiger partial charge in [-0.25, -0.2) is 0 Å². The highest BCUT2D eigenvalue weighted by atomic mass is 16.2. The number of carbonyl (C=O) groups is 1. The van der Waals surface area contributed by atoms with Gasteiger partial charge in [-0.1, -0.05) is 0 Å². The minimum absolute atomic E-state index is 0.0815. The molecule has 0 aliphatic carbocycles. The second-order valence-electron chi connectivity index (χ2n) is 6.25. The van der Waals surface area contributed by atoms with Crippen LogP contribution in [-0.2, 0) is 0 Å². The summed E-state index contributed by atoms with van der Waals surface area (Å²) in [5.74, 6) is 0.0815. The lowest BCUT2D eigenvalue weighted by molar-refractivity contribution is 0.0529. The maximum absolute atomic E-state index is 12.5. The average Bonchev–Trinajstić information content (AvgIpc) is 2.96. The van der Waals surface area contributed by atoms with E-state index in [4.69, 9.17) is 0 Å². The van der Waals surface area contributed by atoms with E-state index < -0.39 is 0 Å². The molecule has 1 aromatic heterocycles. The predicted octanol–water partition coefficient (Wildman–Crippen LogP) is 1.28. The number of aryl methyl sites for hydroxylation is 1. The first-order valence-corrected chi connectivity index (χ1v) is 7.08. The fourth-order valence-electron chi connectivity index (χ4n) is 3.56. The Hall–Kier alpha value is -1.36. The minimum Gasteiger partial charge on any atom is -0.337 e. The van der Waals surface area contributed by atoms with Gasteiger partial charge in [-0.15, -0.1) is 0 Å². The lowest BCUT2D eigenvalue weighted by Gasteiger charge is -2.40. The second kappa shape index (κ2) is 4.63. The van der Waals surface area contributed by atoms with E-state index in [0.29, 0.717) is 11.1 Å². The molecule has 5 heteroatoms. The van der Waals surface area contributed by atoms with E-state index in [-0.39, 0.29) is 5.91 Å². The summed E-state index contributed by atoms with van der Waals surface area (Å²) in [5.41, 5.74) is 1.82. The van der Waals surface area contributed by atoms with Crippen LogP contribution in [0.15, 0.2) is 6.07 Å². The third-order valence-electron chi connectivity index (χ3n) is 4.50. The molecular weight excluding hydrogens is 240 g/mol. The van der Waals surface area contributed by atoms with Crippen LogP contribution in [0.4, 0.5) is 0 Å². The molecule has 2 aliphatic heterocycles. The van der Waals surface area contributed by atoms with E-state index in [1.807, 2.05) is 17.9 Å². The zero-order valence-electron chi connectivity index (χ0n) is 11.8. The summed E-state index contributed by atoms with van der Waals surface area (Å²) in [6.07, 6.45) is 3.58. The first-order chi connectivity index (χ1) is 9.08. The highest BCUT2D eigenvalue weighted by Gasteiger charge is 2.41. The van der Waals surface area contributed by atoms with Crippen LogP contribution < -0.4 is 0 Å². The van der Waals surface area contributed by atoms with E-state index >= 15 is 0 Å². The van der Waals surface area contributed by atoms with Gasteiger partial charge in [0.1, 0.15) is 5.69 Å². The number of aromatic amines is 1. The summed E-state index contributed by atoms with van der Waals surface area (Å²) in [6.45, 7) is 5.96. The molecule has 0 saturated carbocycles. The van der Waals surface area contributed by atoms with Crippen molar-refractivity contribution in [3.05, 3.63) is 17.5 Å². The van der Waals surface area contributed by atoms with Gasteiger partial charge in [-0.2, -0.15) is 5.10 Å². The van der Waals surface area contributed by atoms with Crippen molar-refractivity contribution in [2.45, 2.75) is 26.2 Å². The summed E-state index contributed by atoms with van der Waals surface area (Å²) >= 11 is 0. The number of rotatable bonds is 1. The van der Waals surface area contributed by atoms with Crippen LogP contribution in [0.2, 0.25) is 0 Å². The minimum atomic E-state index is 0.0815. The van der Waals surface area contributed by atoms with Crippen molar-refractivity contribution < 1.29 is 4.79 Å². The average molecular weight is 262 g/mol. The number of aromatic nitrogens is 2. The maximum Gasteiger partial charge on any atom is 0.274 e. The summed E-state index contributed by atoms with van der Waals surface area (Å²) in [7, 11) is 2.17. The van der Waals surface area contributed by atoms with Crippen molar-refractivity contribution >= 4 is 5.91 Å². The molecule has 0 aromatic carbocycles. The molecule has 0 bridgehead atoms. The Labute approximate surface area is 114 Å². The van der Waals surface area contributed by atoms with Crippen molar-refractivity contribution in [1.82, 2.24) is 20.0 Å². The molecule has 0 radical (unpaired) electrons. The van der Waals surface area contributed by atoms with Crippen LogP contribution in [0.5, 0.6) is 0 Å². The third kappa shape index (κ3) is 2.39. The van der Waals surface area contributed by atoms with Crippen molar-refractivity contribution in [2.24, 2.45) is 5.41 Å². The van der Waals surface area contributed by atoms with Crippen LogP contribution >= 0.6 is 0 Å². The number of carbonyl (C=O) groups excluding carboxylic acids is 1. The Kier molecular flexibility index (Phi) is 3.09. The fourth-order valence-corrected chi connectivity index (χ4v) is 3.56. The summed E-state index contributed by atoms with van der Waals surface area (Å²) < 4.78 is 0. The van der Waals surface area contributed by atoms with Gasteiger partial charge in [0, 0.05) is 30.7 Å².